The van der Waals surface area contributed by atoms with Crippen LogP contribution in [0.25, 0.3) is 11.1 Å². The van der Waals surface area contributed by atoms with Crippen LogP contribution in [0.4, 0.5) is 16.2 Å². The molecule has 0 bridgehead atoms. The van der Waals surface area contributed by atoms with Gasteiger partial charge in [0.1, 0.15) is 0 Å². The lowest BCUT2D eigenvalue weighted by atomic mass is 10.1. The number of hydrogen-bond donors (Lipinski definition) is 3. The van der Waals surface area contributed by atoms with E-state index in [0.29, 0.717) is 28.5 Å². The highest BCUT2D eigenvalue weighted by atomic mass is 35.5. The minimum absolute atomic E-state index is 0.0724. The summed E-state index contributed by atoms with van der Waals surface area (Å²) >= 11 is 6.11. The second-order valence-corrected chi connectivity index (χ2v) is 9.45. The summed E-state index contributed by atoms with van der Waals surface area (Å²) in [5, 5.41) is 5.76. The van der Waals surface area contributed by atoms with E-state index in [1.807, 2.05) is 36.4 Å². The molecule has 1 aromatic heterocycles. The first kappa shape index (κ1) is 23.3. The van der Waals surface area contributed by atoms with E-state index < -0.39 is 10.0 Å². The lowest BCUT2D eigenvalue weighted by Crippen LogP contribution is -2.28. The monoisotopic (exact) mass is 492 g/mol. The van der Waals surface area contributed by atoms with Gasteiger partial charge in [0, 0.05) is 40.9 Å². The fourth-order valence-electron chi connectivity index (χ4n) is 3.27. The molecule has 0 atom stereocenters. The van der Waals surface area contributed by atoms with E-state index in [9.17, 15) is 13.2 Å². The molecule has 3 aromatic carbocycles. The summed E-state index contributed by atoms with van der Waals surface area (Å²) in [6.45, 7) is 0.334. The van der Waals surface area contributed by atoms with Gasteiger partial charge in [-0.15, -0.1) is 0 Å². The molecule has 0 saturated heterocycles. The molecule has 0 aliphatic carbocycles. The van der Waals surface area contributed by atoms with E-state index in [4.69, 9.17) is 11.6 Å². The number of sulfonamides is 1. The lowest BCUT2D eigenvalue weighted by Gasteiger charge is -2.14. The Hall–Kier alpha value is -3.88. The van der Waals surface area contributed by atoms with Gasteiger partial charge in [-0.1, -0.05) is 54.1 Å². The van der Waals surface area contributed by atoms with Crippen molar-refractivity contribution in [2.75, 3.05) is 10.0 Å². The van der Waals surface area contributed by atoms with Gasteiger partial charge in [-0.05, 0) is 53.6 Å². The Kier molecular flexibility index (Phi) is 7.10. The molecular formula is C25H21ClN4O3S. The Morgan fingerprint density at radius 2 is 1.62 bits per heavy atom. The fraction of sp³-hybridized carbons (Fsp3) is 0.0400. The van der Waals surface area contributed by atoms with Crippen molar-refractivity contribution in [3.05, 3.63) is 108 Å². The molecule has 34 heavy (non-hydrogen) atoms. The summed E-state index contributed by atoms with van der Waals surface area (Å²) in [5.74, 6) is 0. The number of aromatic nitrogens is 1. The van der Waals surface area contributed by atoms with Gasteiger partial charge in [0.05, 0.1) is 4.90 Å². The van der Waals surface area contributed by atoms with Gasteiger partial charge in [-0.2, -0.15) is 0 Å². The maximum atomic E-state index is 13.2. The van der Waals surface area contributed by atoms with E-state index in [1.54, 1.807) is 54.9 Å². The summed E-state index contributed by atoms with van der Waals surface area (Å²) in [6.07, 6.45) is 3.33. The molecule has 0 fully saturated rings. The second kappa shape index (κ2) is 10.4. The molecular weight excluding hydrogens is 472 g/mol. The zero-order valence-electron chi connectivity index (χ0n) is 17.9. The molecule has 1 heterocycles. The molecule has 0 saturated carbocycles. The smallest absolute Gasteiger partial charge is 0.319 e. The average Bonchev–Trinajstić information content (AvgIpc) is 2.85. The SMILES string of the molecule is O=C(NCc1cccnc1)Nc1ccc(NS(=O)(=O)c2cc(Cl)ccc2-c2ccccc2)cc1. The Labute approximate surface area is 202 Å². The number of benzene rings is 3. The van der Waals surface area contributed by atoms with Crippen LogP contribution in [-0.4, -0.2) is 19.4 Å². The number of carbonyl (C=O) groups excluding carboxylic acids is 1. The Bertz CT molecular complexity index is 1380. The van der Waals surface area contributed by atoms with Gasteiger partial charge >= 0.3 is 6.03 Å². The van der Waals surface area contributed by atoms with E-state index in [0.717, 1.165) is 11.1 Å². The molecule has 0 aliphatic heterocycles. The van der Waals surface area contributed by atoms with Crippen molar-refractivity contribution < 1.29 is 13.2 Å². The van der Waals surface area contributed by atoms with Crippen LogP contribution in [0.15, 0.2) is 102 Å². The molecule has 4 rings (SSSR count). The molecule has 3 N–H and O–H groups in total. The number of nitrogens with zero attached hydrogens (tertiary/aromatic N) is 1. The normalized spacial score (nSPS) is 11.0. The lowest BCUT2D eigenvalue weighted by molar-refractivity contribution is 0.251. The van der Waals surface area contributed by atoms with Gasteiger partial charge in [0.2, 0.25) is 0 Å². The van der Waals surface area contributed by atoms with Gasteiger partial charge < -0.3 is 10.6 Å². The van der Waals surface area contributed by atoms with Crippen LogP contribution in [0.1, 0.15) is 5.56 Å². The van der Waals surface area contributed by atoms with Gasteiger partial charge in [0.15, 0.2) is 0 Å². The Balaban J connectivity index is 1.45. The highest BCUT2D eigenvalue weighted by molar-refractivity contribution is 7.92. The van der Waals surface area contributed by atoms with Crippen molar-refractivity contribution in [1.82, 2.24) is 10.3 Å². The van der Waals surface area contributed by atoms with E-state index in [1.165, 1.54) is 6.07 Å². The molecule has 0 aliphatic rings. The minimum Gasteiger partial charge on any atom is -0.334 e. The molecule has 0 unspecified atom stereocenters. The Morgan fingerprint density at radius 1 is 0.882 bits per heavy atom. The van der Waals surface area contributed by atoms with Gasteiger partial charge in [0.25, 0.3) is 10.0 Å². The van der Waals surface area contributed by atoms with E-state index in [2.05, 4.69) is 20.3 Å². The zero-order chi connectivity index (χ0) is 24.0. The number of amides is 2. The van der Waals surface area contributed by atoms with Crippen LogP contribution < -0.4 is 15.4 Å². The maximum absolute atomic E-state index is 13.2. The largest absolute Gasteiger partial charge is 0.334 e. The van der Waals surface area contributed by atoms with Crippen LogP contribution in [0.3, 0.4) is 0 Å². The molecule has 0 spiro atoms. The third kappa shape index (κ3) is 5.92. The number of rotatable bonds is 7. The molecule has 7 nitrogen and oxygen atoms in total. The maximum Gasteiger partial charge on any atom is 0.319 e. The van der Waals surface area contributed by atoms with E-state index in [-0.39, 0.29) is 10.9 Å². The Morgan fingerprint density at radius 3 is 2.32 bits per heavy atom. The van der Waals surface area contributed by atoms with Gasteiger partial charge in [-0.25, -0.2) is 13.2 Å². The van der Waals surface area contributed by atoms with Crippen molar-refractivity contribution >= 4 is 39.0 Å². The highest BCUT2D eigenvalue weighted by Gasteiger charge is 2.20. The summed E-state index contributed by atoms with van der Waals surface area (Å²) in [7, 11) is -3.93. The zero-order valence-corrected chi connectivity index (χ0v) is 19.5. The second-order valence-electron chi connectivity index (χ2n) is 7.36. The average molecular weight is 493 g/mol. The van der Waals surface area contributed by atoms with Crippen LogP contribution in [0, 0.1) is 0 Å². The van der Waals surface area contributed by atoms with Crippen molar-refractivity contribution in [3.63, 3.8) is 0 Å². The predicted molar refractivity (Wildman–Crippen MR) is 134 cm³/mol. The van der Waals surface area contributed by atoms with Crippen LogP contribution >= 0.6 is 11.6 Å². The predicted octanol–water partition coefficient (Wildman–Crippen LogP) is 5.52. The van der Waals surface area contributed by atoms with Crippen molar-refractivity contribution in [2.45, 2.75) is 11.4 Å². The number of anilines is 2. The van der Waals surface area contributed by atoms with Crippen molar-refractivity contribution in [3.8, 4) is 11.1 Å². The molecule has 172 valence electrons. The molecule has 0 radical (unpaired) electrons. The number of hydrogen-bond acceptors (Lipinski definition) is 4. The number of pyridine rings is 1. The number of carbonyl (C=O) groups is 1. The summed E-state index contributed by atoms with van der Waals surface area (Å²) in [4.78, 5) is 16.2. The highest BCUT2D eigenvalue weighted by Crippen LogP contribution is 2.31. The van der Waals surface area contributed by atoms with Crippen molar-refractivity contribution in [2.24, 2.45) is 0 Å². The number of nitrogens with one attached hydrogen (secondary N) is 3. The first-order valence-electron chi connectivity index (χ1n) is 10.3. The molecule has 2 amide bonds. The van der Waals surface area contributed by atoms with Crippen molar-refractivity contribution in [1.29, 1.82) is 0 Å². The van der Waals surface area contributed by atoms with Crippen LogP contribution in [-0.2, 0) is 16.6 Å². The van der Waals surface area contributed by atoms with Gasteiger partial charge in [-0.3, -0.25) is 9.71 Å². The third-order valence-corrected chi connectivity index (χ3v) is 6.55. The standard InChI is InChI=1S/C25H21ClN4O3S/c26-20-8-13-23(19-6-2-1-3-7-19)24(15-20)34(32,33)30-22-11-9-21(10-12-22)29-25(31)28-17-18-5-4-14-27-16-18/h1-16,30H,17H2,(H2,28,29,31). The molecule has 4 aromatic rings. The third-order valence-electron chi connectivity index (χ3n) is 4.89. The molecule has 9 heteroatoms. The quantitative estimate of drug-likeness (QED) is 0.316. The first-order chi connectivity index (χ1) is 16.4. The van der Waals surface area contributed by atoms with E-state index >= 15 is 0 Å². The number of urea groups is 1. The summed E-state index contributed by atoms with van der Waals surface area (Å²) in [5.41, 5.74) is 3.04. The van der Waals surface area contributed by atoms with Crippen LogP contribution in [0.2, 0.25) is 5.02 Å². The minimum atomic E-state index is -3.93. The number of halogens is 1. The van der Waals surface area contributed by atoms with Crippen LogP contribution in [0.5, 0.6) is 0 Å². The summed E-state index contributed by atoms with van der Waals surface area (Å²) in [6, 6.07) is 23.6. The topological polar surface area (TPSA) is 100 Å². The fourth-order valence-corrected chi connectivity index (χ4v) is 4.82. The first-order valence-corrected chi connectivity index (χ1v) is 12.2. The summed E-state index contributed by atoms with van der Waals surface area (Å²) < 4.78 is 28.9.